The highest BCUT2D eigenvalue weighted by molar-refractivity contribution is 9.11. The predicted octanol–water partition coefficient (Wildman–Crippen LogP) is 5.07. The molecular weight excluding hydrogens is 452 g/mol. The van der Waals surface area contributed by atoms with E-state index >= 15 is 0 Å². The van der Waals surface area contributed by atoms with Crippen LogP contribution in [0.3, 0.4) is 0 Å². The molecule has 0 saturated heterocycles. The fourth-order valence-electron chi connectivity index (χ4n) is 1.99. The number of carbonyl (C=O) groups is 1. The third kappa shape index (κ3) is 5.84. The van der Waals surface area contributed by atoms with Crippen LogP contribution in [0.1, 0.15) is 32.6 Å². The Kier molecular flexibility index (Phi) is 8.32. The second-order valence-electron chi connectivity index (χ2n) is 4.68. The topological polar surface area (TPSA) is 55.1 Å². The smallest absolute Gasteiger partial charge is 0.224 e. The van der Waals surface area contributed by atoms with Crippen molar-refractivity contribution in [3.05, 3.63) is 25.6 Å². The Morgan fingerprint density at radius 2 is 1.85 bits per heavy atom. The molecule has 0 heterocycles. The Balaban J connectivity index is 2.59. The molecule has 0 bridgehead atoms. The van der Waals surface area contributed by atoms with Crippen LogP contribution in [0.4, 0.5) is 5.69 Å². The summed E-state index contributed by atoms with van der Waals surface area (Å²) in [6.45, 7) is 2.82. The number of benzene rings is 1. The molecule has 3 N–H and O–H groups in total. The summed E-state index contributed by atoms with van der Waals surface area (Å²) in [5.41, 5.74) is 6.34. The monoisotopic (exact) mass is 468 g/mol. The second kappa shape index (κ2) is 9.18. The van der Waals surface area contributed by atoms with Crippen LogP contribution >= 0.6 is 47.8 Å². The van der Waals surface area contributed by atoms with Gasteiger partial charge in [0, 0.05) is 19.8 Å². The summed E-state index contributed by atoms with van der Waals surface area (Å²) >= 11 is 10.3. The molecule has 1 aromatic rings. The van der Waals surface area contributed by atoms with E-state index in [1.807, 2.05) is 12.1 Å². The van der Waals surface area contributed by atoms with Gasteiger partial charge in [0.25, 0.3) is 0 Å². The van der Waals surface area contributed by atoms with E-state index in [1.54, 1.807) is 0 Å². The molecule has 1 amide bonds. The van der Waals surface area contributed by atoms with Gasteiger partial charge in [0.1, 0.15) is 0 Å². The molecule has 0 aliphatic rings. The number of amides is 1. The van der Waals surface area contributed by atoms with Crippen LogP contribution in [-0.2, 0) is 4.79 Å². The highest BCUT2D eigenvalue weighted by Gasteiger charge is 2.12. The Bertz CT molecular complexity index is 443. The third-order valence-electron chi connectivity index (χ3n) is 3.20. The maximum absolute atomic E-state index is 12.0. The Labute approximate surface area is 145 Å². The molecule has 0 aliphatic carbocycles. The lowest BCUT2D eigenvalue weighted by Crippen LogP contribution is -2.15. The number of hydrogen-bond donors (Lipinski definition) is 2. The third-order valence-corrected chi connectivity index (χ3v) is 4.91. The fraction of sp³-hybridized carbons (Fsp3) is 0.500. The molecule has 0 aromatic heterocycles. The average Bonchev–Trinajstić information content (AvgIpc) is 2.38. The van der Waals surface area contributed by atoms with Crippen molar-refractivity contribution in [1.29, 1.82) is 0 Å². The van der Waals surface area contributed by atoms with Crippen LogP contribution < -0.4 is 11.1 Å². The quantitative estimate of drug-likeness (QED) is 0.584. The summed E-state index contributed by atoms with van der Waals surface area (Å²) in [5, 5.41) is 2.94. The van der Waals surface area contributed by atoms with E-state index in [0.29, 0.717) is 18.9 Å². The van der Waals surface area contributed by atoms with Gasteiger partial charge in [-0.05, 0) is 69.3 Å². The van der Waals surface area contributed by atoms with Gasteiger partial charge in [-0.25, -0.2) is 0 Å². The molecule has 0 radical (unpaired) electrons. The first-order valence-corrected chi connectivity index (χ1v) is 9.00. The van der Waals surface area contributed by atoms with E-state index in [2.05, 4.69) is 60.0 Å². The first-order chi connectivity index (χ1) is 9.47. The van der Waals surface area contributed by atoms with Crippen LogP contribution in [-0.4, -0.2) is 12.5 Å². The van der Waals surface area contributed by atoms with Gasteiger partial charge in [-0.3, -0.25) is 4.79 Å². The van der Waals surface area contributed by atoms with Crippen LogP contribution in [0.25, 0.3) is 0 Å². The Morgan fingerprint density at radius 3 is 2.35 bits per heavy atom. The number of carbonyl (C=O) groups excluding carboxylic acids is 1. The van der Waals surface area contributed by atoms with Crippen LogP contribution in [0.2, 0.25) is 0 Å². The summed E-state index contributed by atoms with van der Waals surface area (Å²) in [4.78, 5) is 12.0. The number of rotatable bonds is 7. The number of nitrogens with one attached hydrogen (secondary N) is 1. The van der Waals surface area contributed by atoms with Crippen LogP contribution in [0, 0.1) is 5.92 Å². The van der Waals surface area contributed by atoms with Gasteiger partial charge in [0.15, 0.2) is 0 Å². The summed E-state index contributed by atoms with van der Waals surface area (Å²) in [6, 6.07) is 3.81. The Hall–Kier alpha value is 0.0900. The molecule has 0 fully saturated rings. The largest absolute Gasteiger partial charge is 0.330 e. The highest BCUT2D eigenvalue weighted by atomic mass is 79.9. The summed E-state index contributed by atoms with van der Waals surface area (Å²) < 4.78 is 2.64. The van der Waals surface area contributed by atoms with E-state index in [1.165, 1.54) is 0 Å². The van der Waals surface area contributed by atoms with E-state index in [9.17, 15) is 4.79 Å². The first-order valence-electron chi connectivity index (χ1n) is 6.62. The zero-order valence-corrected chi connectivity index (χ0v) is 16.1. The number of halogens is 3. The van der Waals surface area contributed by atoms with E-state index in [-0.39, 0.29) is 5.91 Å². The number of nitrogens with two attached hydrogens (primary N) is 1. The lowest BCUT2D eigenvalue weighted by atomic mass is 9.96. The molecule has 0 spiro atoms. The van der Waals surface area contributed by atoms with Gasteiger partial charge in [-0.1, -0.05) is 29.3 Å². The molecule has 1 aromatic carbocycles. The maximum atomic E-state index is 12.0. The average molecular weight is 471 g/mol. The van der Waals surface area contributed by atoms with Gasteiger partial charge >= 0.3 is 0 Å². The van der Waals surface area contributed by atoms with Gasteiger partial charge < -0.3 is 11.1 Å². The lowest BCUT2D eigenvalue weighted by Gasteiger charge is -2.14. The van der Waals surface area contributed by atoms with Gasteiger partial charge in [0.2, 0.25) is 5.91 Å². The van der Waals surface area contributed by atoms with Crippen molar-refractivity contribution < 1.29 is 4.79 Å². The summed E-state index contributed by atoms with van der Waals surface area (Å²) in [7, 11) is 0. The predicted molar refractivity (Wildman–Crippen MR) is 94.9 cm³/mol. The summed E-state index contributed by atoms with van der Waals surface area (Å²) in [5.74, 6) is 0.562. The molecule has 112 valence electrons. The molecule has 20 heavy (non-hydrogen) atoms. The maximum Gasteiger partial charge on any atom is 0.224 e. The molecular formula is C14H19Br3N2O. The van der Waals surface area contributed by atoms with Gasteiger partial charge in [-0.2, -0.15) is 0 Å². The van der Waals surface area contributed by atoms with E-state index < -0.39 is 0 Å². The number of hydrogen-bond acceptors (Lipinski definition) is 2. The molecule has 6 heteroatoms. The molecule has 1 atom stereocenters. The molecule has 1 rings (SSSR count). The number of anilines is 1. The van der Waals surface area contributed by atoms with Crippen molar-refractivity contribution in [3.8, 4) is 0 Å². The molecule has 1 unspecified atom stereocenters. The highest BCUT2D eigenvalue weighted by Crippen LogP contribution is 2.34. The normalized spacial score (nSPS) is 12.2. The molecule has 3 nitrogen and oxygen atoms in total. The van der Waals surface area contributed by atoms with E-state index in [0.717, 1.165) is 38.4 Å². The standard InChI is InChI=1S/C14H19Br3N2O/c1-2-9(5-6-18)3-4-13(20)19-14-11(16)7-10(15)8-12(14)17/h7-9H,2-6,18H2,1H3,(H,19,20). The van der Waals surface area contributed by atoms with Crippen molar-refractivity contribution in [2.75, 3.05) is 11.9 Å². The van der Waals surface area contributed by atoms with Crippen molar-refractivity contribution in [3.63, 3.8) is 0 Å². The van der Waals surface area contributed by atoms with Crippen molar-refractivity contribution in [1.82, 2.24) is 0 Å². The van der Waals surface area contributed by atoms with Crippen LogP contribution in [0.5, 0.6) is 0 Å². The molecule has 0 saturated carbocycles. The van der Waals surface area contributed by atoms with Gasteiger partial charge in [0.05, 0.1) is 5.69 Å². The molecule has 0 aliphatic heterocycles. The zero-order chi connectivity index (χ0) is 15.1. The minimum atomic E-state index is 0.0317. The minimum Gasteiger partial charge on any atom is -0.330 e. The Morgan fingerprint density at radius 1 is 1.25 bits per heavy atom. The van der Waals surface area contributed by atoms with Crippen molar-refractivity contribution in [2.24, 2.45) is 11.7 Å². The van der Waals surface area contributed by atoms with E-state index in [4.69, 9.17) is 5.73 Å². The SMILES string of the molecule is CCC(CCN)CCC(=O)Nc1c(Br)cc(Br)cc1Br. The van der Waals surface area contributed by atoms with Crippen molar-refractivity contribution >= 4 is 59.4 Å². The minimum absolute atomic E-state index is 0.0317. The second-order valence-corrected chi connectivity index (χ2v) is 7.31. The fourth-order valence-corrected chi connectivity index (χ4v) is 4.44. The van der Waals surface area contributed by atoms with Crippen LogP contribution in [0.15, 0.2) is 25.6 Å². The zero-order valence-electron chi connectivity index (χ0n) is 11.4. The van der Waals surface area contributed by atoms with Gasteiger partial charge in [-0.15, -0.1) is 0 Å². The van der Waals surface area contributed by atoms with Crippen molar-refractivity contribution in [2.45, 2.75) is 32.6 Å². The lowest BCUT2D eigenvalue weighted by molar-refractivity contribution is -0.116. The summed E-state index contributed by atoms with van der Waals surface area (Å²) in [6.07, 6.45) is 3.45. The first kappa shape index (κ1) is 18.1.